The number of halogens is 1. The fraction of sp³-hybridized carbons (Fsp3) is 0.0714. The molecule has 0 aliphatic heterocycles. The molecule has 20 heavy (non-hydrogen) atoms. The van der Waals surface area contributed by atoms with Crippen molar-refractivity contribution in [3.05, 3.63) is 47.8 Å². The first-order valence-electron chi connectivity index (χ1n) is 5.68. The third kappa shape index (κ3) is 2.80. The van der Waals surface area contributed by atoms with Crippen molar-refractivity contribution in [1.29, 1.82) is 0 Å². The second kappa shape index (κ2) is 5.48. The number of carbonyl (C=O) groups is 1. The number of phenolic OH excluding ortho intramolecular Hbond substituents is 2. The summed E-state index contributed by atoms with van der Waals surface area (Å²) in [6, 6.07) is 7.63. The molecule has 2 aromatic rings. The van der Waals surface area contributed by atoms with Gasteiger partial charge in [0, 0.05) is 11.8 Å². The van der Waals surface area contributed by atoms with Crippen LogP contribution in [-0.4, -0.2) is 23.2 Å². The summed E-state index contributed by atoms with van der Waals surface area (Å²) < 4.78 is 18.1. The minimum Gasteiger partial charge on any atom is -0.507 e. The molecular formula is C14H12FNO4. The molecule has 0 aliphatic rings. The van der Waals surface area contributed by atoms with Crippen LogP contribution in [0.5, 0.6) is 17.2 Å². The zero-order chi connectivity index (χ0) is 14.7. The molecule has 0 aromatic heterocycles. The summed E-state index contributed by atoms with van der Waals surface area (Å²) in [6.07, 6.45) is 0. The van der Waals surface area contributed by atoms with E-state index in [0.717, 1.165) is 12.1 Å². The Morgan fingerprint density at radius 1 is 1.15 bits per heavy atom. The Bertz CT molecular complexity index is 658. The standard InChI is InChI=1S/C14H12FNO4/c1-20-9-3-5-12(17)10(7-9)14(19)16-8-2-4-13(18)11(15)6-8/h2-7,17-18H,1H3,(H,16,19). The molecule has 0 radical (unpaired) electrons. The Morgan fingerprint density at radius 2 is 1.85 bits per heavy atom. The highest BCUT2D eigenvalue weighted by atomic mass is 19.1. The van der Waals surface area contributed by atoms with E-state index >= 15 is 0 Å². The summed E-state index contributed by atoms with van der Waals surface area (Å²) in [7, 11) is 1.43. The van der Waals surface area contributed by atoms with E-state index in [1.54, 1.807) is 0 Å². The van der Waals surface area contributed by atoms with Gasteiger partial charge >= 0.3 is 0 Å². The predicted molar refractivity (Wildman–Crippen MR) is 70.7 cm³/mol. The highest BCUT2D eigenvalue weighted by molar-refractivity contribution is 6.06. The van der Waals surface area contributed by atoms with Crippen LogP contribution in [0.15, 0.2) is 36.4 Å². The number of anilines is 1. The number of methoxy groups -OCH3 is 1. The van der Waals surface area contributed by atoms with Gasteiger partial charge in [-0.05, 0) is 30.3 Å². The largest absolute Gasteiger partial charge is 0.507 e. The lowest BCUT2D eigenvalue weighted by molar-refractivity contribution is 0.102. The van der Waals surface area contributed by atoms with Crippen molar-refractivity contribution in [2.45, 2.75) is 0 Å². The summed E-state index contributed by atoms with van der Waals surface area (Å²) in [5.41, 5.74) is 0.158. The van der Waals surface area contributed by atoms with Gasteiger partial charge in [-0.1, -0.05) is 0 Å². The molecule has 0 atom stereocenters. The van der Waals surface area contributed by atoms with Crippen molar-refractivity contribution >= 4 is 11.6 Å². The van der Waals surface area contributed by atoms with Crippen LogP contribution in [0.4, 0.5) is 10.1 Å². The second-order valence-corrected chi connectivity index (χ2v) is 4.00. The van der Waals surface area contributed by atoms with Gasteiger partial charge in [0.1, 0.15) is 11.5 Å². The Morgan fingerprint density at radius 3 is 2.50 bits per heavy atom. The number of benzene rings is 2. The Labute approximate surface area is 114 Å². The molecule has 0 fully saturated rings. The summed E-state index contributed by atoms with van der Waals surface area (Å²) in [6.45, 7) is 0. The van der Waals surface area contributed by atoms with Crippen molar-refractivity contribution in [1.82, 2.24) is 0 Å². The molecular weight excluding hydrogens is 265 g/mol. The molecule has 0 unspecified atom stereocenters. The lowest BCUT2D eigenvalue weighted by Crippen LogP contribution is -2.12. The van der Waals surface area contributed by atoms with Gasteiger partial charge < -0.3 is 20.3 Å². The molecule has 0 saturated heterocycles. The van der Waals surface area contributed by atoms with E-state index in [9.17, 15) is 14.3 Å². The van der Waals surface area contributed by atoms with E-state index in [0.29, 0.717) is 5.75 Å². The maximum atomic E-state index is 13.2. The average molecular weight is 277 g/mol. The molecule has 0 saturated carbocycles. The molecule has 0 spiro atoms. The van der Waals surface area contributed by atoms with Crippen molar-refractivity contribution in [3.63, 3.8) is 0 Å². The van der Waals surface area contributed by atoms with Gasteiger partial charge in [0.15, 0.2) is 11.6 Å². The van der Waals surface area contributed by atoms with Crippen LogP contribution in [0.1, 0.15) is 10.4 Å². The predicted octanol–water partition coefficient (Wildman–Crippen LogP) is 2.50. The highest BCUT2D eigenvalue weighted by Crippen LogP contribution is 2.25. The molecule has 1 amide bonds. The molecule has 3 N–H and O–H groups in total. The topological polar surface area (TPSA) is 78.8 Å². The minimum absolute atomic E-state index is 0.00201. The summed E-state index contributed by atoms with van der Waals surface area (Å²) in [5, 5.41) is 21.1. The molecule has 104 valence electrons. The maximum Gasteiger partial charge on any atom is 0.259 e. The quantitative estimate of drug-likeness (QED) is 0.753. The van der Waals surface area contributed by atoms with Gasteiger partial charge in [0.2, 0.25) is 0 Å². The van der Waals surface area contributed by atoms with Gasteiger partial charge in [0.25, 0.3) is 5.91 Å². The summed E-state index contributed by atoms with van der Waals surface area (Å²) in [5.74, 6) is -1.79. The molecule has 5 nitrogen and oxygen atoms in total. The minimum atomic E-state index is -0.849. The normalized spacial score (nSPS) is 10.1. The van der Waals surface area contributed by atoms with Crippen LogP contribution in [0.25, 0.3) is 0 Å². The number of amides is 1. The number of ether oxygens (including phenoxy) is 1. The highest BCUT2D eigenvalue weighted by Gasteiger charge is 2.13. The van der Waals surface area contributed by atoms with Crippen LogP contribution >= 0.6 is 0 Å². The molecule has 0 bridgehead atoms. The average Bonchev–Trinajstić information content (AvgIpc) is 2.43. The first kappa shape index (κ1) is 13.7. The molecule has 6 heteroatoms. The summed E-state index contributed by atoms with van der Waals surface area (Å²) in [4.78, 5) is 12.0. The van der Waals surface area contributed by atoms with Crippen molar-refractivity contribution in [2.24, 2.45) is 0 Å². The van der Waals surface area contributed by atoms with Crippen LogP contribution in [0.3, 0.4) is 0 Å². The number of hydrogen-bond donors (Lipinski definition) is 3. The number of carbonyl (C=O) groups excluding carboxylic acids is 1. The van der Waals surface area contributed by atoms with Gasteiger partial charge in [-0.3, -0.25) is 4.79 Å². The molecule has 2 aromatic carbocycles. The summed E-state index contributed by atoms with van der Waals surface area (Å²) >= 11 is 0. The van der Waals surface area contributed by atoms with Crippen LogP contribution in [0, 0.1) is 5.82 Å². The number of nitrogens with one attached hydrogen (secondary N) is 1. The van der Waals surface area contributed by atoms with Crippen LogP contribution in [-0.2, 0) is 0 Å². The van der Waals surface area contributed by atoms with E-state index in [2.05, 4.69) is 5.32 Å². The number of phenols is 2. The zero-order valence-corrected chi connectivity index (χ0v) is 10.6. The zero-order valence-electron chi connectivity index (χ0n) is 10.6. The van der Waals surface area contributed by atoms with Crippen molar-refractivity contribution in [2.75, 3.05) is 12.4 Å². The molecule has 0 heterocycles. The first-order chi connectivity index (χ1) is 9.51. The fourth-order valence-corrected chi connectivity index (χ4v) is 1.61. The SMILES string of the molecule is COc1ccc(O)c(C(=O)Nc2ccc(O)c(F)c2)c1. The van der Waals surface area contributed by atoms with Crippen LogP contribution < -0.4 is 10.1 Å². The monoisotopic (exact) mass is 277 g/mol. The van der Waals surface area contributed by atoms with Gasteiger partial charge in [-0.2, -0.15) is 0 Å². The van der Waals surface area contributed by atoms with E-state index in [1.165, 1.54) is 31.4 Å². The van der Waals surface area contributed by atoms with E-state index in [1.807, 2.05) is 0 Å². The lowest BCUT2D eigenvalue weighted by atomic mass is 10.1. The van der Waals surface area contributed by atoms with Gasteiger partial charge in [-0.25, -0.2) is 4.39 Å². The van der Waals surface area contributed by atoms with Crippen molar-refractivity contribution < 1.29 is 24.1 Å². The van der Waals surface area contributed by atoms with E-state index in [-0.39, 0.29) is 17.0 Å². The van der Waals surface area contributed by atoms with Crippen LogP contribution in [0.2, 0.25) is 0 Å². The third-order valence-electron chi connectivity index (χ3n) is 2.65. The second-order valence-electron chi connectivity index (χ2n) is 4.00. The Hall–Kier alpha value is -2.76. The number of hydrogen-bond acceptors (Lipinski definition) is 4. The fourth-order valence-electron chi connectivity index (χ4n) is 1.61. The smallest absolute Gasteiger partial charge is 0.259 e. The van der Waals surface area contributed by atoms with Gasteiger partial charge in [0.05, 0.1) is 12.7 Å². The number of rotatable bonds is 3. The lowest BCUT2D eigenvalue weighted by Gasteiger charge is -2.09. The third-order valence-corrected chi connectivity index (χ3v) is 2.65. The van der Waals surface area contributed by atoms with E-state index in [4.69, 9.17) is 9.84 Å². The van der Waals surface area contributed by atoms with E-state index < -0.39 is 17.5 Å². The van der Waals surface area contributed by atoms with Crippen molar-refractivity contribution in [3.8, 4) is 17.2 Å². The Kier molecular flexibility index (Phi) is 3.74. The first-order valence-corrected chi connectivity index (χ1v) is 5.68. The maximum absolute atomic E-state index is 13.2. The Balaban J connectivity index is 2.25. The molecule has 2 rings (SSSR count). The van der Waals surface area contributed by atoms with Gasteiger partial charge in [-0.15, -0.1) is 0 Å². The number of aromatic hydroxyl groups is 2. The molecule has 0 aliphatic carbocycles.